The van der Waals surface area contributed by atoms with Crippen molar-refractivity contribution in [3.63, 3.8) is 0 Å². The number of para-hydroxylation sites is 2. The second-order valence-corrected chi connectivity index (χ2v) is 15.6. The van der Waals surface area contributed by atoms with Crippen LogP contribution in [0.1, 0.15) is 28.4 Å². The molecule has 1 unspecified atom stereocenters. The van der Waals surface area contributed by atoms with Gasteiger partial charge in [0, 0.05) is 5.56 Å². The fourth-order valence-electron chi connectivity index (χ4n) is 5.23. The molecule has 8 heteroatoms. The standard InChI is InChI=1S/C31H32N6OSi/c1-22-14-18-24(19-15-22)30(38-39(3,4)5)31(25-20-16-23(2)17-21-25,36-28-12-8-6-10-26(28)32-34-36)37-29-13-9-7-11-27(29)33-35-37/h6-21,30H,1-5H3. The summed E-state index contributed by atoms with van der Waals surface area (Å²) >= 11 is 0. The first-order valence-corrected chi connectivity index (χ1v) is 16.6. The lowest BCUT2D eigenvalue weighted by Crippen LogP contribution is -2.52. The van der Waals surface area contributed by atoms with Gasteiger partial charge in [0.25, 0.3) is 0 Å². The summed E-state index contributed by atoms with van der Waals surface area (Å²) < 4.78 is 11.2. The van der Waals surface area contributed by atoms with Gasteiger partial charge in [-0.05, 0) is 63.3 Å². The number of hydrogen-bond acceptors (Lipinski definition) is 5. The van der Waals surface area contributed by atoms with Gasteiger partial charge in [-0.2, -0.15) is 0 Å². The van der Waals surface area contributed by atoms with Crippen LogP contribution in [0.15, 0.2) is 97.1 Å². The summed E-state index contributed by atoms with van der Waals surface area (Å²) in [5.74, 6) is 0. The van der Waals surface area contributed by atoms with Crippen LogP contribution in [0.25, 0.3) is 22.1 Å². The van der Waals surface area contributed by atoms with E-state index in [-0.39, 0.29) is 0 Å². The summed E-state index contributed by atoms with van der Waals surface area (Å²) in [5, 5.41) is 18.9. The molecule has 0 bridgehead atoms. The van der Waals surface area contributed by atoms with Crippen LogP contribution in [0.4, 0.5) is 0 Å². The number of aromatic nitrogens is 6. The van der Waals surface area contributed by atoms with Crippen molar-refractivity contribution < 1.29 is 4.43 Å². The van der Waals surface area contributed by atoms with Gasteiger partial charge in [-0.25, -0.2) is 9.36 Å². The van der Waals surface area contributed by atoms with Gasteiger partial charge < -0.3 is 4.43 Å². The Kier molecular flexibility index (Phi) is 6.16. The molecule has 2 heterocycles. The highest BCUT2D eigenvalue weighted by atomic mass is 28.4. The Labute approximate surface area is 229 Å². The zero-order chi connectivity index (χ0) is 27.2. The van der Waals surface area contributed by atoms with Crippen molar-refractivity contribution in [2.45, 2.75) is 45.3 Å². The van der Waals surface area contributed by atoms with Crippen LogP contribution in [-0.4, -0.2) is 38.3 Å². The first-order chi connectivity index (χ1) is 18.8. The largest absolute Gasteiger partial charge is 0.406 e. The minimum atomic E-state index is -2.15. The highest BCUT2D eigenvalue weighted by molar-refractivity contribution is 6.69. The van der Waals surface area contributed by atoms with Crippen molar-refractivity contribution in [3.8, 4) is 0 Å². The first kappa shape index (κ1) is 25.2. The predicted molar refractivity (Wildman–Crippen MR) is 157 cm³/mol. The van der Waals surface area contributed by atoms with Crippen molar-refractivity contribution in [2.24, 2.45) is 0 Å². The smallest absolute Gasteiger partial charge is 0.212 e. The minimum Gasteiger partial charge on any atom is -0.406 e. The zero-order valence-corrected chi connectivity index (χ0v) is 23.9. The molecule has 39 heavy (non-hydrogen) atoms. The lowest BCUT2D eigenvalue weighted by atomic mass is 9.87. The van der Waals surface area contributed by atoms with Crippen LogP contribution in [0.2, 0.25) is 19.6 Å². The third-order valence-electron chi connectivity index (χ3n) is 7.04. The Morgan fingerprint density at radius 3 is 1.59 bits per heavy atom. The number of fused-ring (bicyclic) bond motifs is 2. The maximum atomic E-state index is 7.22. The minimum absolute atomic E-state index is 0.498. The highest BCUT2D eigenvalue weighted by Gasteiger charge is 2.51. The van der Waals surface area contributed by atoms with E-state index in [0.29, 0.717) is 0 Å². The molecule has 0 saturated heterocycles. The maximum Gasteiger partial charge on any atom is 0.212 e. The van der Waals surface area contributed by atoms with E-state index in [0.717, 1.165) is 38.8 Å². The van der Waals surface area contributed by atoms with E-state index in [4.69, 9.17) is 14.9 Å². The monoisotopic (exact) mass is 532 g/mol. The summed E-state index contributed by atoms with van der Waals surface area (Å²) in [4.78, 5) is 0. The Hall–Kier alpha value is -4.14. The molecule has 196 valence electrons. The van der Waals surface area contributed by atoms with Crippen LogP contribution in [-0.2, 0) is 10.1 Å². The Morgan fingerprint density at radius 2 is 1.10 bits per heavy atom. The molecule has 6 rings (SSSR count). The molecule has 0 aliphatic carbocycles. The van der Waals surface area contributed by atoms with Gasteiger partial charge in [0.2, 0.25) is 5.66 Å². The van der Waals surface area contributed by atoms with Gasteiger partial charge in [0.05, 0.1) is 11.0 Å². The highest BCUT2D eigenvalue weighted by Crippen LogP contribution is 2.46. The lowest BCUT2D eigenvalue weighted by molar-refractivity contribution is 0.0390. The van der Waals surface area contributed by atoms with Crippen LogP contribution in [0, 0.1) is 13.8 Å². The van der Waals surface area contributed by atoms with Crippen molar-refractivity contribution >= 4 is 30.4 Å². The zero-order valence-electron chi connectivity index (χ0n) is 22.9. The molecule has 0 radical (unpaired) electrons. The molecule has 2 aromatic heterocycles. The second kappa shape index (κ2) is 9.55. The molecule has 0 fully saturated rings. The number of nitrogens with zero attached hydrogens (tertiary/aromatic N) is 6. The lowest BCUT2D eigenvalue weighted by Gasteiger charge is -2.44. The number of aryl methyl sites for hydroxylation is 2. The van der Waals surface area contributed by atoms with Gasteiger partial charge in [-0.15, -0.1) is 10.2 Å². The molecule has 4 aromatic carbocycles. The third kappa shape index (κ3) is 4.35. The molecule has 0 N–H and O–H groups in total. The van der Waals surface area contributed by atoms with Crippen LogP contribution < -0.4 is 0 Å². The molecular formula is C31H32N6OSi. The van der Waals surface area contributed by atoms with Gasteiger partial charge in [-0.1, -0.05) is 94.4 Å². The van der Waals surface area contributed by atoms with E-state index in [1.165, 1.54) is 5.56 Å². The van der Waals surface area contributed by atoms with Crippen LogP contribution in [0.3, 0.4) is 0 Å². The van der Waals surface area contributed by atoms with E-state index in [1.807, 2.05) is 45.8 Å². The normalized spacial score (nSPS) is 13.3. The fraction of sp³-hybridized carbons (Fsp3) is 0.226. The third-order valence-corrected chi connectivity index (χ3v) is 7.99. The summed E-state index contributed by atoms with van der Waals surface area (Å²) in [7, 11) is -2.15. The van der Waals surface area contributed by atoms with Crippen LogP contribution in [0.5, 0.6) is 0 Å². The Bertz CT molecular complexity index is 1670. The van der Waals surface area contributed by atoms with Crippen molar-refractivity contribution in [1.29, 1.82) is 0 Å². The summed E-state index contributed by atoms with van der Waals surface area (Å²) in [6.45, 7) is 10.8. The van der Waals surface area contributed by atoms with E-state index >= 15 is 0 Å². The SMILES string of the molecule is Cc1ccc(C(O[Si](C)(C)C)C(c2ccc(C)cc2)(n2nnc3ccccc32)n2nnc3ccccc32)cc1. The van der Waals surface area contributed by atoms with Crippen molar-refractivity contribution in [1.82, 2.24) is 30.0 Å². The van der Waals surface area contributed by atoms with Crippen molar-refractivity contribution in [3.05, 3.63) is 119 Å². The average molecular weight is 533 g/mol. The van der Waals surface area contributed by atoms with E-state index in [2.05, 4.69) is 104 Å². The first-order valence-electron chi connectivity index (χ1n) is 13.2. The molecule has 1 atom stereocenters. The van der Waals surface area contributed by atoms with E-state index < -0.39 is 20.1 Å². The molecule has 0 amide bonds. The van der Waals surface area contributed by atoms with E-state index in [9.17, 15) is 0 Å². The van der Waals surface area contributed by atoms with Gasteiger partial charge in [-0.3, -0.25) is 0 Å². The molecular weight excluding hydrogens is 500 g/mol. The predicted octanol–water partition coefficient (Wildman–Crippen LogP) is 6.64. The van der Waals surface area contributed by atoms with Crippen LogP contribution >= 0.6 is 0 Å². The van der Waals surface area contributed by atoms with E-state index in [1.54, 1.807) is 0 Å². The second-order valence-electron chi connectivity index (χ2n) is 11.1. The quantitative estimate of drug-likeness (QED) is 0.216. The Morgan fingerprint density at radius 1 is 0.641 bits per heavy atom. The maximum absolute atomic E-state index is 7.22. The molecule has 0 aliphatic heterocycles. The van der Waals surface area contributed by atoms with Gasteiger partial charge >= 0.3 is 0 Å². The molecule has 6 aromatic rings. The summed E-state index contributed by atoms with van der Waals surface area (Å²) in [5.41, 5.74) is 6.63. The number of hydrogen-bond donors (Lipinski definition) is 0. The summed E-state index contributed by atoms with van der Waals surface area (Å²) in [6, 6.07) is 33.2. The topological polar surface area (TPSA) is 70.7 Å². The average Bonchev–Trinajstić information content (AvgIpc) is 3.55. The molecule has 0 spiro atoms. The number of rotatable bonds is 7. The summed E-state index contributed by atoms with van der Waals surface area (Å²) in [6.07, 6.45) is -0.498. The number of benzene rings is 4. The van der Waals surface area contributed by atoms with Gasteiger partial charge in [0.1, 0.15) is 17.1 Å². The van der Waals surface area contributed by atoms with Gasteiger partial charge in [0.15, 0.2) is 8.32 Å². The van der Waals surface area contributed by atoms with Crippen molar-refractivity contribution in [2.75, 3.05) is 0 Å². The Balaban J connectivity index is 1.81. The molecule has 7 nitrogen and oxygen atoms in total. The molecule has 0 aliphatic rings. The fourth-order valence-corrected chi connectivity index (χ4v) is 6.23. The molecule has 0 saturated carbocycles.